The van der Waals surface area contributed by atoms with Crippen molar-refractivity contribution >= 4 is 11.6 Å². The summed E-state index contributed by atoms with van der Waals surface area (Å²) >= 11 is 0. The van der Waals surface area contributed by atoms with Gasteiger partial charge in [-0.15, -0.1) is 0 Å². The maximum atomic E-state index is 12.2. The van der Waals surface area contributed by atoms with E-state index in [9.17, 15) is 9.59 Å². The topological polar surface area (TPSA) is 77.1 Å². The van der Waals surface area contributed by atoms with Crippen LogP contribution in [-0.4, -0.2) is 16.5 Å². The van der Waals surface area contributed by atoms with E-state index < -0.39 is 0 Å². The Kier molecular flexibility index (Phi) is 4.95. The van der Waals surface area contributed by atoms with E-state index in [0.717, 1.165) is 32.1 Å². The fourth-order valence-corrected chi connectivity index (χ4v) is 2.73. The first-order chi connectivity index (χ1) is 9.60. The van der Waals surface area contributed by atoms with E-state index >= 15 is 0 Å². The van der Waals surface area contributed by atoms with Crippen molar-refractivity contribution in [3.05, 3.63) is 28.7 Å². The second-order valence-corrected chi connectivity index (χ2v) is 5.56. The minimum absolute atomic E-state index is 0.00898. The molecule has 1 aromatic rings. The second kappa shape index (κ2) is 6.70. The maximum Gasteiger partial charge on any atom is 0.250 e. The average molecular weight is 277 g/mol. The van der Waals surface area contributed by atoms with E-state index in [0.29, 0.717) is 12.2 Å². The van der Waals surface area contributed by atoms with Crippen LogP contribution in [0.2, 0.25) is 0 Å². The number of hydrogen-bond acceptors (Lipinski definition) is 3. The Hall–Kier alpha value is -1.62. The van der Waals surface area contributed by atoms with Gasteiger partial charge in [0.15, 0.2) is 0 Å². The Morgan fingerprint density at radius 2 is 2.25 bits per heavy atom. The standard InChI is InChI=1S/C15H23N3O2/c1-2-8-18-10-13(6-7-14(18)19)17-15(20)11-4-3-5-12(16)9-11/h6-7,10-12H,2-5,8-9,16H2,1H3,(H,17,20). The van der Waals surface area contributed by atoms with Crippen LogP contribution < -0.4 is 16.6 Å². The molecule has 2 unspecified atom stereocenters. The molecule has 1 aliphatic rings. The quantitative estimate of drug-likeness (QED) is 0.879. The lowest BCUT2D eigenvalue weighted by molar-refractivity contribution is -0.120. The van der Waals surface area contributed by atoms with Gasteiger partial charge in [0, 0.05) is 30.8 Å². The highest BCUT2D eigenvalue weighted by Crippen LogP contribution is 2.24. The van der Waals surface area contributed by atoms with Crippen molar-refractivity contribution in [2.45, 2.75) is 51.6 Å². The Balaban J connectivity index is 2.03. The van der Waals surface area contributed by atoms with Crippen molar-refractivity contribution in [2.75, 3.05) is 5.32 Å². The van der Waals surface area contributed by atoms with E-state index in [1.165, 1.54) is 6.07 Å². The Labute approximate surface area is 119 Å². The number of rotatable bonds is 4. The molecule has 110 valence electrons. The number of hydrogen-bond donors (Lipinski definition) is 2. The number of carbonyl (C=O) groups is 1. The van der Waals surface area contributed by atoms with E-state index in [1.54, 1.807) is 16.8 Å². The third kappa shape index (κ3) is 3.70. The van der Waals surface area contributed by atoms with Crippen LogP contribution >= 0.6 is 0 Å². The molecule has 0 bridgehead atoms. The second-order valence-electron chi connectivity index (χ2n) is 5.56. The van der Waals surface area contributed by atoms with Gasteiger partial charge in [0.25, 0.3) is 5.56 Å². The summed E-state index contributed by atoms with van der Waals surface area (Å²) in [6, 6.07) is 3.29. The van der Waals surface area contributed by atoms with Gasteiger partial charge in [0.1, 0.15) is 0 Å². The highest BCUT2D eigenvalue weighted by Gasteiger charge is 2.25. The van der Waals surface area contributed by atoms with Gasteiger partial charge in [-0.1, -0.05) is 13.3 Å². The zero-order valence-corrected chi connectivity index (χ0v) is 12.0. The van der Waals surface area contributed by atoms with Crippen molar-refractivity contribution in [3.8, 4) is 0 Å². The van der Waals surface area contributed by atoms with Crippen LogP contribution in [-0.2, 0) is 11.3 Å². The van der Waals surface area contributed by atoms with Crippen LogP contribution in [0.4, 0.5) is 5.69 Å². The smallest absolute Gasteiger partial charge is 0.250 e. The molecular formula is C15H23N3O2. The van der Waals surface area contributed by atoms with Crippen molar-refractivity contribution in [1.82, 2.24) is 4.57 Å². The number of aryl methyl sites for hydroxylation is 1. The number of nitrogens with zero attached hydrogens (tertiary/aromatic N) is 1. The highest BCUT2D eigenvalue weighted by atomic mass is 16.2. The minimum Gasteiger partial charge on any atom is -0.328 e. The molecule has 5 nitrogen and oxygen atoms in total. The van der Waals surface area contributed by atoms with Gasteiger partial charge in [-0.25, -0.2) is 0 Å². The summed E-state index contributed by atoms with van der Waals surface area (Å²) in [6.07, 6.45) is 6.26. The molecule has 0 aromatic carbocycles. The number of aromatic nitrogens is 1. The molecule has 1 aromatic heterocycles. The summed E-state index contributed by atoms with van der Waals surface area (Å²) in [5.41, 5.74) is 6.56. The van der Waals surface area contributed by atoms with Gasteiger partial charge < -0.3 is 15.6 Å². The normalized spacial score (nSPS) is 22.5. The third-order valence-corrected chi connectivity index (χ3v) is 3.80. The maximum absolute atomic E-state index is 12.2. The molecule has 20 heavy (non-hydrogen) atoms. The molecule has 2 atom stereocenters. The first-order valence-corrected chi connectivity index (χ1v) is 7.37. The number of amides is 1. The zero-order chi connectivity index (χ0) is 14.5. The lowest BCUT2D eigenvalue weighted by Crippen LogP contribution is -2.34. The number of nitrogens with one attached hydrogen (secondary N) is 1. The summed E-state index contributed by atoms with van der Waals surface area (Å²) < 4.78 is 1.63. The summed E-state index contributed by atoms with van der Waals surface area (Å²) in [4.78, 5) is 23.8. The van der Waals surface area contributed by atoms with Gasteiger partial charge in [0.05, 0.1) is 5.69 Å². The molecule has 1 saturated carbocycles. The first kappa shape index (κ1) is 14.8. The van der Waals surface area contributed by atoms with Crippen LogP contribution in [0.3, 0.4) is 0 Å². The Morgan fingerprint density at radius 1 is 1.45 bits per heavy atom. The fourth-order valence-electron chi connectivity index (χ4n) is 2.73. The van der Waals surface area contributed by atoms with Crippen molar-refractivity contribution < 1.29 is 4.79 Å². The Morgan fingerprint density at radius 3 is 2.95 bits per heavy atom. The zero-order valence-electron chi connectivity index (χ0n) is 12.0. The van der Waals surface area contributed by atoms with Crippen molar-refractivity contribution in [3.63, 3.8) is 0 Å². The van der Waals surface area contributed by atoms with Gasteiger partial charge in [-0.05, 0) is 31.7 Å². The molecule has 5 heteroatoms. The monoisotopic (exact) mass is 277 g/mol. The average Bonchev–Trinajstić information content (AvgIpc) is 2.43. The number of nitrogens with two attached hydrogens (primary N) is 1. The first-order valence-electron chi connectivity index (χ1n) is 7.37. The molecule has 1 aliphatic carbocycles. The molecule has 0 saturated heterocycles. The lowest BCUT2D eigenvalue weighted by atomic mass is 9.85. The molecule has 0 radical (unpaired) electrons. The largest absolute Gasteiger partial charge is 0.328 e. The summed E-state index contributed by atoms with van der Waals surface area (Å²) in [5.74, 6) is 0.00662. The van der Waals surface area contributed by atoms with E-state index in [-0.39, 0.29) is 23.4 Å². The number of anilines is 1. The lowest BCUT2D eigenvalue weighted by Gasteiger charge is -2.25. The highest BCUT2D eigenvalue weighted by molar-refractivity contribution is 5.92. The van der Waals surface area contributed by atoms with Crippen molar-refractivity contribution in [1.29, 1.82) is 0 Å². The van der Waals surface area contributed by atoms with Crippen LogP contribution in [0, 0.1) is 5.92 Å². The van der Waals surface area contributed by atoms with Gasteiger partial charge in [-0.3, -0.25) is 9.59 Å². The van der Waals surface area contributed by atoms with Crippen molar-refractivity contribution in [2.24, 2.45) is 11.7 Å². The van der Waals surface area contributed by atoms with Crippen LogP contribution in [0.1, 0.15) is 39.0 Å². The fraction of sp³-hybridized carbons (Fsp3) is 0.600. The van der Waals surface area contributed by atoms with E-state index in [4.69, 9.17) is 5.73 Å². The molecule has 0 spiro atoms. The predicted molar refractivity (Wildman–Crippen MR) is 79.6 cm³/mol. The summed E-state index contributed by atoms with van der Waals surface area (Å²) in [6.45, 7) is 2.68. The van der Waals surface area contributed by atoms with Crippen LogP contribution in [0.15, 0.2) is 23.1 Å². The summed E-state index contributed by atoms with van der Waals surface area (Å²) in [5, 5.41) is 2.90. The molecule has 3 N–H and O–H groups in total. The number of pyridine rings is 1. The Bertz CT molecular complexity index is 524. The summed E-state index contributed by atoms with van der Waals surface area (Å²) in [7, 11) is 0. The van der Waals surface area contributed by atoms with Gasteiger partial charge in [-0.2, -0.15) is 0 Å². The molecule has 0 aliphatic heterocycles. The molecule has 1 amide bonds. The van der Waals surface area contributed by atoms with E-state index in [2.05, 4.69) is 5.32 Å². The predicted octanol–water partition coefficient (Wildman–Crippen LogP) is 1.71. The molecular weight excluding hydrogens is 254 g/mol. The van der Waals surface area contributed by atoms with Crippen LogP contribution in [0.25, 0.3) is 0 Å². The van der Waals surface area contributed by atoms with E-state index in [1.807, 2.05) is 6.92 Å². The SMILES string of the molecule is CCCn1cc(NC(=O)C2CCCC(N)C2)ccc1=O. The van der Waals surface area contributed by atoms with Gasteiger partial charge in [0.2, 0.25) is 5.91 Å². The molecule has 1 heterocycles. The number of carbonyl (C=O) groups excluding carboxylic acids is 1. The van der Waals surface area contributed by atoms with Gasteiger partial charge >= 0.3 is 0 Å². The van der Waals surface area contributed by atoms with Crippen LogP contribution in [0.5, 0.6) is 0 Å². The molecule has 2 rings (SSSR count). The third-order valence-electron chi connectivity index (χ3n) is 3.80. The molecule has 1 fully saturated rings. The minimum atomic E-state index is -0.0375.